The molecule has 0 spiro atoms. The first-order valence-corrected chi connectivity index (χ1v) is 10.6. The van der Waals surface area contributed by atoms with E-state index in [0.29, 0.717) is 17.4 Å². The van der Waals surface area contributed by atoms with Crippen LogP contribution in [-0.2, 0) is 11.3 Å². The number of hydrogen-bond donors (Lipinski definition) is 2. The maximum Gasteiger partial charge on any atom is 0.335 e. The number of carbonyl (C=O) groups is 1. The molecule has 0 amide bonds. The topological polar surface area (TPSA) is 79.2 Å². The lowest BCUT2D eigenvalue weighted by Gasteiger charge is -2.50. The second-order valence-electron chi connectivity index (χ2n) is 9.17. The van der Waals surface area contributed by atoms with Gasteiger partial charge in [-0.15, -0.1) is 0 Å². The fourth-order valence-electron chi connectivity index (χ4n) is 5.35. The maximum absolute atomic E-state index is 11.1. The summed E-state index contributed by atoms with van der Waals surface area (Å²) < 4.78 is 12.9. The van der Waals surface area contributed by atoms with Crippen LogP contribution < -0.4 is 4.74 Å². The molecule has 6 heteroatoms. The van der Waals surface area contributed by atoms with Crippen molar-refractivity contribution in [3.05, 3.63) is 59.2 Å². The first-order chi connectivity index (χ1) is 14.3. The number of aromatic hydroxyl groups is 1. The van der Waals surface area contributed by atoms with Crippen LogP contribution in [0.1, 0.15) is 54.3 Å². The number of carboxylic acids is 1. The highest BCUT2D eigenvalue weighted by atomic mass is 16.5. The number of hydrogen-bond acceptors (Lipinski definition) is 5. The van der Waals surface area contributed by atoms with E-state index in [-0.39, 0.29) is 23.9 Å². The van der Waals surface area contributed by atoms with Gasteiger partial charge in [0.1, 0.15) is 5.60 Å². The molecule has 3 aliphatic rings. The molecule has 3 aliphatic heterocycles. The minimum Gasteiger partial charge on any atom is -0.504 e. The molecular weight excluding hydrogens is 382 g/mol. The van der Waals surface area contributed by atoms with Crippen molar-refractivity contribution in [1.82, 2.24) is 4.90 Å². The Morgan fingerprint density at radius 1 is 1.20 bits per heavy atom. The highest BCUT2D eigenvalue weighted by molar-refractivity contribution is 5.87. The Kier molecular flexibility index (Phi) is 4.52. The molecule has 4 atom stereocenters. The first-order valence-electron chi connectivity index (χ1n) is 10.6. The third kappa shape index (κ3) is 3.15. The molecule has 5 rings (SSSR count). The van der Waals surface area contributed by atoms with Crippen molar-refractivity contribution >= 4 is 5.97 Å². The Morgan fingerprint density at radius 2 is 1.97 bits per heavy atom. The van der Waals surface area contributed by atoms with Gasteiger partial charge in [0, 0.05) is 30.6 Å². The largest absolute Gasteiger partial charge is 0.504 e. The zero-order valence-electron chi connectivity index (χ0n) is 17.2. The lowest BCUT2D eigenvalue weighted by Crippen LogP contribution is -2.53. The highest BCUT2D eigenvalue weighted by Gasteiger charge is 2.53. The fraction of sp³-hybridized carbons (Fsp3) is 0.458. The number of rotatable bonds is 3. The van der Waals surface area contributed by atoms with Crippen LogP contribution in [0.15, 0.2) is 42.5 Å². The van der Waals surface area contributed by atoms with E-state index in [0.717, 1.165) is 37.1 Å². The second kappa shape index (κ2) is 7.00. The highest BCUT2D eigenvalue weighted by Crippen LogP contribution is 2.54. The average Bonchev–Trinajstić information content (AvgIpc) is 3.10. The smallest absolute Gasteiger partial charge is 0.335 e. The van der Waals surface area contributed by atoms with Gasteiger partial charge in [-0.05, 0) is 50.5 Å². The monoisotopic (exact) mass is 409 g/mol. The predicted octanol–water partition coefficient (Wildman–Crippen LogP) is 3.98. The number of fused-ring (bicyclic) bond motifs is 4. The molecule has 0 radical (unpaired) electrons. The summed E-state index contributed by atoms with van der Waals surface area (Å²) >= 11 is 0. The molecule has 2 N–H and O–H groups in total. The molecule has 0 saturated carbocycles. The van der Waals surface area contributed by atoms with Gasteiger partial charge in [0.2, 0.25) is 0 Å². The number of aromatic carboxylic acids is 1. The van der Waals surface area contributed by atoms with Gasteiger partial charge in [0.15, 0.2) is 11.5 Å². The van der Waals surface area contributed by atoms with Crippen molar-refractivity contribution in [2.75, 3.05) is 6.54 Å². The molecule has 6 nitrogen and oxygen atoms in total. The van der Waals surface area contributed by atoms with Crippen LogP contribution in [0.3, 0.4) is 0 Å². The number of phenols is 1. The molecule has 2 fully saturated rings. The molecule has 2 aromatic carbocycles. The molecule has 30 heavy (non-hydrogen) atoms. The zero-order valence-corrected chi connectivity index (χ0v) is 17.2. The summed E-state index contributed by atoms with van der Waals surface area (Å²) in [7, 11) is 0. The van der Waals surface area contributed by atoms with Crippen molar-refractivity contribution in [1.29, 1.82) is 0 Å². The summed E-state index contributed by atoms with van der Waals surface area (Å²) in [5.41, 5.74) is 1.92. The Hall–Kier alpha value is -2.57. The van der Waals surface area contributed by atoms with Gasteiger partial charge in [0.25, 0.3) is 0 Å². The molecule has 158 valence electrons. The van der Waals surface area contributed by atoms with Crippen molar-refractivity contribution in [2.24, 2.45) is 5.92 Å². The van der Waals surface area contributed by atoms with Crippen molar-refractivity contribution < 1.29 is 24.5 Å². The number of phenolic OH excluding ortho intramolecular Hbond substituents is 1. The summed E-state index contributed by atoms with van der Waals surface area (Å²) in [4.78, 5) is 13.5. The average molecular weight is 409 g/mol. The van der Waals surface area contributed by atoms with E-state index < -0.39 is 11.6 Å². The maximum atomic E-state index is 11.1. The number of para-hydroxylation sites is 1. The van der Waals surface area contributed by atoms with E-state index in [2.05, 4.69) is 18.7 Å². The van der Waals surface area contributed by atoms with E-state index in [9.17, 15) is 9.90 Å². The normalized spacial score (nSPS) is 29.4. The van der Waals surface area contributed by atoms with Gasteiger partial charge in [-0.3, -0.25) is 4.90 Å². The molecule has 0 aromatic heterocycles. The van der Waals surface area contributed by atoms with Gasteiger partial charge in [-0.25, -0.2) is 4.79 Å². The number of nitrogens with zero attached hydrogens (tertiary/aromatic N) is 1. The Morgan fingerprint density at radius 3 is 2.70 bits per heavy atom. The van der Waals surface area contributed by atoms with Crippen LogP contribution in [0, 0.1) is 5.92 Å². The van der Waals surface area contributed by atoms with Crippen LogP contribution in [0.5, 0.6) is 11.5 Å². The van der Waals surface area contributed by atoms with Crippen LogP contribution in [0.25, 0.3) is 0 Å². The molecule has 3 heterocycles. The van der Waals surface area contributed by atoms with Crippen LogP contribution in [-0.4, -0.2) is 45.4 Å². The standard InChI is InChI=1S/C24H27NO5/c1-24(2)17-12-18-20(29-21(17)16-4-3-5-19(26)22(16)30-24)10-11-25(18)13-14-6-8-15(9-7-14)23(27)28/h3-9,17-18,20-21,26H,10-13H2,1-2H3,(H,27,28)/t17-,18-,20-,21+/m1/s1. The lowest BCUT2D eigenvalue weighted by molar-refractivity contribution is -0.163. The number of likely N-dealkylation sites (tertiary alicyclic amines) is 1. The summed E-state index contributed by atoms with van der Waals surface area (Å²) in [5, 5.41) is 19.4. The van der Waals surface area contributed by atoms with Crippen molar-refractivity contribution in [3.8, 4) is 11.5 Å². The van der Waals surface area contributed by atoms with E-state index >= 15 is 0 Å². The minimum atomic E-state index is -0.902. The van der Waals surface area contributed by atoms with Gasteiger partial charge in [-0.1, -0.05) is 24.3 Å². The number of carboxylic acid groups (broad SMARTS) is 1. The van der Waals surface area contributed by atoms with E-state index in [1.165, 1.54) is 0 Å². The Labute approximate surface area is 176 Å². The van der Waals surface area contributed by atoms with Crippen LogP contribution >= 0.6 is 0 Å². The van der Waals surface area contributed by atoms with E-state index in [1.807, 2.05) is 24.3 Å². The first kappa shape index (κ1) is 19.4. The molecule has 0 unspecified atom stereocenters. The predicted molar refractivity (Wildman–Crippen MR) is 111 cm³/mol. The van der Waals surface area contributed by atoms with E-state index in [1.54, 1.807) is 18.2 Å². The summed E-state index contributed by atoms with van der Waals surface area (Å²) in [5.74, 6) is 0.00145. The summed E-state index contributed by atoms with van der Waals surface area (Å²) in [6.45, 7) is 5.88. The molecule has 0 bridgehead atoms. The Balaban J connectivity index is 1.38. The second-order valence-corrected chi connectivity index (χ2v) is 9.17. The van der Waals surface area contributed by atoms with E-state index in [4.69, 9.17) is 14.6 Å². The van der Waals surface area contributed by atoms with Crippen molar-refractivity contribution in [3.63, 3.8) is 0 Å². The summed E-state index contributed by atoms with van der Waals surface area (Å²) in [6, 6.07) is 12.9. The summed E-state index contributed by atoms with van der Waals surface area (Å²) in [6.07, 6.45) is 2.00. The molecule has 2 aromatic rings. The number of benzene rings is 2. The zero-order chi connectivity index (χ0) is 21.0. The third-order valence-corrected chi connectivity index (χ3v) is 6.96. The lowest BCUT2D eigenvalue weighted by atomic mass is 9.74. The molecular formula is C24H27NO5. The third-order valence-electron chi connectivity index (χ3n) is 6.96. The van der Waals surface area contributed by atoms with Gasteiger partial charge in [0.05, 0.1) is 17.8 Å². The SMILES string of the molecule is CC1(C)Oc2c(O)cccc2[C@@H]2O[C@@H]3CCN(Cc4ccc(C(=O)O)cc4)[C@@H]3C[C@H]21. The van der Waals surface area contributed by atoms with Gasteiger partial charge in [-0.2, -0.15) is 0 Å². The number of ether oxygens (including phenoxy) is 2. The van der Waals surface area contributed by atoms with Crippen LogP contribution in [0.4, 0.5) is 0 Å². The van der Waals surface area contributed by atoms with Gasteiger partial charge < -0.3 is 19.7 Å². The minimum absolute atomic E-state index is 0.0769. The van der Waals surface area contributed by atoms with Crippen molar-refractivity contribution in [2.45, 2.75) is 57.1 Å². The van der Waals surface area contributed by atoms with Gasteiger partial charge >= 0.3 is 5.97 Å². The van der Waals surface area contributed by atoms with Crippen LogP contribution in [0.2, 0.25) is 0 Å². The molecule has 2 saturated heterocycles. The fourth-order valence-corrected chi connectivity index (χ4v) is 5.35. The molecule has 0 aliphatic carbocycles. The quantitative estimate of drug-likeness (QED) is 0.798. The Bertz CT molecular complexity index is 970.